The molecule has 1 aliphatic rings. The molecule has 7 heteroatoms. The van der Waals surface area contributed by atoms with Crippen molar-refractivity contribution in [2.24, 2.45) is 0 Å². The third-order valence-corrected chi connectivity index (χ3v) is 3.34. The average molecular weight is 341 g/mol. The molecule has 1 saturated heterocycles. The van der Waals surface area contributed by atoms with E-state index in [4.69, 9.17) is 11.6 Å². The van der Waals surface area contributed by atoms with Gasteiger partial charge in [-0.1, -0.05) is 23.7 Å². The van der Waals surface area contributed by atoms with Crippen molar-refractivity contribution in [3.8, 4) is 0 Å². The van der Waals surface area contributed by atoms with Gasteiger partial charge >= 0.3 is 0 Å². The summed E-state index contributed by atoms with van der Waals surface area (Å²) in [4.78, 5) is 14.1. The predicted octanol–water partition coefficient (Wildman–Crippen LogP) is 2.42. The van der Waals surface area contributed by atoms with E-state index in [1.807, 2.05) is 18.2 Å². The van der Waals surface area contributed by atoms with Crippen molar-refractivity contribution in [2.45, 2.75) is 6.42 Å². The summed E-state index contributed by atoms with van der Waals surface area (Å²) in [5, 5.41) is 6.70. The molecule has 1 amide bonds. The van der Waals surface area contributed by atoms with Gasteiger partial charge < -0.3 is 15.5 Å². The lowest BCUT2D eigenvalue weighted by Crippen LogP contribution is -2.44. The zero-order chi connectivity index (χ0) is 12.8. The van der Waals surface area contributed by atoms with E-state index in [1.54, 1.807) is 6.07 Å². The van der Waals surface area contributed by atoms with Gasteiger partial charge in [0.15, 0.2) is 0 Å². The monoisotopic (exact) mass is 339 g/mol. The van der Waals surface area contributed by atoms with Gasteiger partial charge in [0.2, 0.25) is 5.91 Å². The number of hydrogen-bond donors (Lipinski definition) is 2. The van der Waals surface area contributed by atoms with Crippen LogP contribution in [0.25, 0.3) is 0 Å². The Balaban J connectivity index is 0.00000180. The van der Waals surface area contributed by atoms with Crippen LogP contribution in [0.15, 0.2) is 24.3 Å². The van der Waals surface area contributed by atoms with Crippen LogP contribution in [0, 0.1) is 0 Å². The maximum atomic E-state index is 11.8. The zero-order valence-electron chi connectivity index (χ0n) is 11.1. The van der Waals surface area contributed by atoms with Crippen molar-refractivity contribution in [2.75, 3.05) is 38.0 Å². The van der Waals surface area contributed by atoms with Gasteiger partial charge in [-0.15, -0.1) is 24.8 Å². The smallest absolute Gasteiger partial charge is 0.225 e. The molecule has 20 heavy (non-hydrogen) atoms. The summed E-state index contributed by atoms with van der Waals surface area (Å²) in [6, 6.07) is 7.29. The molecule has 0 spiro atoms. The van der Waals surface area contributed by atoms with Crippen LogP contribution < -0.4 is 10.6 Å². The minimum absolute atomic E-state index is 0. The molecule has 1 aromatic rings. The molecule has 114 valence electrons. The number of hydrogen-bond acceptors (Lipinski definition) is 3. The van der Waals surface area contributed by atoms with Crippen molar-refractivity contribution >= 4 is 48.0 Å². The summed E-state index contributed by atoms with van der Waals surface area (Å²) < 4.78 is 0. The Morgan fingerprint density at radius 1 is 1.25 bits per heavy atom. The summed E-state index contributed by atoms with van der Waals surface area (Å²) in [5.41, 5.74) is 0.685. The number of para-hydroxylation sites is 1. The van der Waals surface area contributed by atoms with Gasteiger partial charge in [-0.05, 0) is 12.1 Å². The molecule has 0 unspecified atom stereocenters. The largest absolute Gasteiger partial charge is 0.325 e. The number of halogens is 3. The van der Waals surface area contributed by atoms with Gasteiger partial charge in [-0.25, -0.2) is 0 Å². The maximum absolute atomic E-state index is 11.8. The first kappa shape index (κ1) is 19.5. The summed E-state index contributed by atoms with van der Waals surface area (Å²) >= 11 is 5.98. The Kier molecular flexibility index (Phi) is 9.98. The third-order valence-electron chi connectivity index (χ3n) is 3.01. The van der Waals surface area contributed by atoms with E-state index < -0.39 is 0 Å². The standard InChI is InChI=1S/C13H18ClN3O.2ClH/c14-11-3-1-2-4-12(11)16-13(18)5-8-17-9-6-15-7-10-17;;/h1-4,15H,5-10H2,(H,16,18);2*1H. The van der Waals surface area contributed by atoms with Crippen LogP contribution in [0.3, 0.4) is 0 Å². The van der Waals surface area contributed by atoms with Crippen molar-refractivity contribution in [3.63, 3.8) is 0 Å². The van der Waals surface area contributed by atoms with E-state index in [2.05, 4.69) is 15.5 Å². The first-order valence-corrected chi connectivity index (χ1v) is 6.61. The molecular formula is C13H20Cl3N3O. The molecule has 0 bridgehead atoms. The molecule has 0 atom stereocenters. The van der Waals surface area contributed by atoms with Gasteiger partial charge in [0.1, 0.15) is 0 Å². The minimum atomic E-state index is 0. The first-order valence-electron chi connectivity index (χ1n) is 6.23. The number of anilines is 1. The molecule has 1 aliphatic heterocycles. The van der Waals surface area contributed by atoms with Crippen LogP contribution in [0.4, 0.5) is 5.69 Å². The van der Waals surface area contributed by atoms with E-state index in [-0.39, 0.29) is 30.7 Å². The number of amides is 1. The number of rotatable bonds is 4. The lowest BCUT2D eigenvalue weighted by molar-refractivity contribution is -0.116. The highest BCUT2D eigenvalue weighted by Gasteiger charge is 2.11. The molecule has 2 N–H and O–H groups in total. The fourth-order valence-corrected chi connectivity index (χ4v) is 2.15. The van der Waals surface area contributed by atoms with Gasteiger partial charge in [0, 0.05) is 39.1 Å². The number of benzene rings is 1. The summed E-state index contributed by atoms with van der Waals surface area (Å²) in [7, 11) is 0. The Bertz CT molecular complexity index is 412. The molecule has 4 nitrogen and oxygen atoms in total. The van der Waals surface area contributed by atoms with Crippen molar-refractivity contribution < 1.29 is 4.79 Å². The van der Waals surface area contributed by atoms with Crippen LogP contribution in [0.5, 0.6) is 0 Å². The second-order valence-electron chi connectivity index (χ2n) is 4.37. The Labute approximate surface area is 137 Å². The number of nitrogens with one attached hydrogen (secondary N) is 2. The maximum Gasteiger partial charge on any atom is 0.225 e. The van der Waals surface area contributed by atoms with Gasteiger partial charge in [0.25, 0.3) is 0 Å². The van der Waals surface area contributed by atoms with Crippen LogP contribution in [-0.4, -0.2) is 43.5 Å². The van der Waals surface area contributed by atoms with Crippen molar-refractivity contribution in [1.29, 1.82) is 0 Å². The number of carbonyl (C=O) groups excluding carboxylic acids is 1. The summed E-state index contributed by atoms with van der Waals surface area (Å²) in [5.74, 6) is 0.0154. The van der Waals surface area contributed by atoms with Gasteiger partial charge in [-0.3, -0.25) is 4.79 Å². The first-order chi connectivity index (χ1) is 8.75. The normalized spacial score (nSPS) is 14.8. The van der Waals surface area contributed by atoms with E-state index >= 15 is 0 Å². The Hall–Kier alpha value is -0.520. The Morgan fingerprint density at radius 3 is 2.55 bits per heavy atom. The third kappa shape index (κ3) is 6.29. The van der Waals surface area contributed by atoms with Gasteiger partial charge in [-0.2, -0.15) is 0 Å². The number of nitrogens with zero attached hydrogens (tertiary/aromatic N) is 1. The molecule has 1 heterocycles. The minimum Gasteiger partial charge on any atom is -0.325 e. The van der Waals surface area contributed by atoms with E-state index in [9.17, 15) is 4.79 Å². The van der Waals surface area contributed by atoms with E-state index in [1.165, 1.54) is 0 Å². The van der Waals surface area contributed by atoms with Gasteiger partial charge in [0.05, 0.1) is 10.7 Å². The molecular weight excluding hydrogens is 321 g/mol. The molecule has 0 aliphatic carbocycles. The van der Waals surface area contributed by atoms with Crippen LogP contribution >= 0.6 is 36.4 Å². The fourth-order valence-electron chi connectivity index (χ4n) is 1.97. The highest BCUT2D eigenvalue weighted by molar-refractivity contribution is 6.33. The van der Waals surface area contributed by atoms with E-state index in [0.717, 1.165) is 32.7 Å². The quantitative estimate of drug-likeness (QED) is 0.885. The second-order valence-corrected chi connectivity index (χ2v) is 4.78. The highest BCUT2D eigenvalue weighted by Crippen LogP contribution is 2.20. The van der Waals surface area contributed by atoms with Crippen molar-refractivity contribution in [1.82, 2.24) is 10.2 Å². The topological polar surface area (TPSA) is 44.4 Å². The molecule has 2 rings (SSSR count). The average Bonchev–Trinajstić information content (AvgIpc) is 2.40. The fraction of sp³-hybridized carbons (Fsp3) is 0.462. The highest BCUT2D eigenvalue weighted by atomic mass is 35.5. The predicted molar refractivity (Wildman–Crippen MR) is 88.5 cm³/mol. The van der Waals surface area contributed by atoms with Crippen molar-refractivity contribution in [3.05, 3.63) is 29.3 Å². The van der Waals surface area contributed by atoms with Crippen LogP contribution in [0.2, 0.25) is 5.02 Å². The summed E-state index contributed by atoms with van der Waals surface area (Å²) in [6.45, 7) is 4.84. The lowest BCUT2D eigenvalue weighted by Gasteiger charge is -2.26. The lowest BCUT2D eigenvalue weighted by atomic mass is 10.3. The molecule has 1 fully saturated rings. The molecule has 1 aromatic carbocycles. The van der Waals surface area contributed by atoms with Crippen LogP contribution in [-0.2, 0) is 4.79 Å². The van der Waals surface area contributed by atoms with E-state index in [0.29, 0.717) is 17.1 Å². The molecule has 0 radical (unpaired) electrons. The number of piperazine rings is 1. The van der Waals surface area contributed by atoms with Crippen LogP contribution in [0.1, 0.15) is 6.42 Å². The molecule has 0 aromatic heterocycles. The number of carbonyl (C=O) groups is 1. The SMILES string of the molecule is Cl.Cl.O=C(CCN1CCNCC1)Nc1ccccc1Cl. The molecule has 0 saturated carbocycles. The Morgan fingerprint density at radius 2 is 1.90 bits per heavy atom. The zero-order valence-corrected chi connectivity index (χ0v) is 13.5. The second kappa shape index (κ2) is 10.2. The summed E-state index contributed by atoms with van der Waals surface area (Å²) in [6.07, 6.45) is 0.505.